The fraction of sp³-hybridized carbons (Fsp3) is 1.00. The molecule has 0 spiro atoms. The highest BCUT2D eigenvalue weighted by Crippen LogP contribution is 2.27. The molecule has 6 heteroatoms. The third kappa shape index (κ3) is 3.23. The van der Waals surface area contributed by atoms with Crippen molar-refractivity contribution < 1.29 is 17.9 Å². The van der Waals surface area contributed by atoms with Crippen molar-refractivity contribution in [3.05, 3.63) is 0 Å². The molecule has 0 aromatic carbocycles. The van der Waals surface area contributed by atoms with Gasteiger partial charge in [0.2, 0.25) is 10.0 Å². The molecule has 5 nitrogen and oxygen atoms in total. The molecule has 0 N–H and O–H groups in total. The Hall–Kier alpha value is -0.170. The first-order chi connectivity index (χ1) is 8.45. The standard InChI is InChI=1S/C12H23NO4S/c1-12(16-2)5-3-6-13(10-12)18(14,15)9-11-4-7-17-8-11/h11H,3-10H2,1-2H3. The Morgan fingerprint density at radius 2 is 2.28 bits per heavy atom. The summed E-state index contributed by atoms with van der Waals surface area (Å²) in [7, 11) is -1.52. The fourth-order valence-corrected chi connectivity index (χ4v) is 4.63. The van der Waals surface area contributed by atoms with Gasteiger partial charge in [-0.3, -0.25) is 0 Å². The van der Waals surface area contributed by atoms with Crippen LogP contribution in [0.3, 0.4) is 0 Å². The monoisotopic (exact) mass is 277 g/mol. The summed E-state index contributed by atoms with van der Waals surface area (Å²) in [6.45, 7) is 4.34. The van der Waals surface area contributed by atoms with Crippen LogP contribution in [0.1, 0.15) is 26.2 Å². The Morgan fingerprint density at radius 3 is 2.89 bits per heavy atom. The molecule has 2 fully saturated rings. The van der Waals surface area contributed by atoms with Crippen molar-refractivity contribution in [2.45, 2.75) is 31.8 Å². The van der Waals surface area contributed by atoms with Crippen molar-refractivity contribution in [1.29, 1.82) is 0 Å². The van der Waals surface area contributed by atoms with Gasteiger partial charge in [0, 0.05) is 26.8 Å². The quantitative estimate of drug-likeness (QED) is 0.764. The minimum absolute atomic E-state index is 0.158. The molecule has 2 unspecified atom stereocenters. The topological polar surface area (TPSA) is 55.8 Å². The normalized spacial score (nSPS) is 34.9. The van der Waals surface area contributed by atoms with Crippen molar-refractivity contribution in [2.24, 2.45) is 5.92 Å². The summed E-state index contributed by atoms with van der Waals surface area (Å²) in [5.41, 5.74) is -0.336. The largest absolute Gasteiger partial charge is 0.381 e. The highest BCUT2D eigenvalue weighted by Gasteiger charge is 2.37. The van der Waals surface area contributed by atoms with Crippen LogP contribution >= 0.6 is 0 Å². The van der Waals surface area contributed by atoms with E-state index in [1.807, 2.05) is 6.92 Å². The number of hydrogen-bond acceptors (Lipinski definition) is 4. The van der Waals surface area contributed by atoms with E-state index >= 15 is 0 Å². The summed E-state index contributed by atoms with van der Waals surface area (Å²) in [6.07, 6.45) is 2.64. The summed E-state index contributed by atoms with van der Waals surface area (Å²) in [4.78, 5) is 0. The van der Waals surface area contributed by atoms with Gasteiger partial charge in [-0.15, -0.1) is 0 Å². The summed E-state index contributed by atoms with van der Waals surface area (Å²) in [5.74, 6) is 0.373. The average Bonchev–Trinajstić information content (AvgIpc) is 2.81. The van der Waals surface area contributed by atoms with Crippen molar-refractivity contribution in [2.75, 3.05) is 39.2 Å². The number of sulfonamides is 1. The van der Waals surface area contributed by atoms with Crippen LogP contribution in [0.4, 0.5) is 0 Å². The third-order valence-corrected chi connectivity index (χ3v) is 5.97. The van der Waals surface area contributed by atoms with E-state index in [0.29, 0.717) is 26.3 Å². The van der Waals surface area contributed by atoms with Gasteiger partial charge in [0.15, 0.2) is 0 Å². The minimum atomic E-state index is -3.17. The maximum Gasteiger partial charge on any atom is 0.214 e. The molecule has 0 aromatic rings. The number of nitrogens with zero attached hydrogens (tertiary/aromatic N) is 1. The Bertz CT molecular complexity index is 378. The van der Waals surface area contributed by atoms with Gasteiger partial charge in [-0.05, 0) is 32.1 Å². The van der Waals surface area contributed by atoms with E-state index < -0.39 is 10.0 Å². The lowest BCUT2D eigenvalue weighted by atomic mass is 9.96. The van der Waals surface area contributed by atoms with Gasteiger partial charge in [0.05, 0.1) is 18.0 Å². The van der Waals surface area contributed by atoms with Crippen LogP contribution in [-0.2, 0) is 19.5 Å². The second kappa shape index (κ2) is 5.45. The highest BCUT2D eigenvalue weighted by atomic mass is 32.2. The second-order valence-electron chi connectivity index (χ2n) is 5.60. The summed E-state index contributed by atoms with van der Waals surface area (Å²) in [5, 5.41) is 0. The van der Waals surface area contributed by atoms with Crippen LogP contribution in [0, 0.1) is 5.92 Å². The number of piperidine rings is 1. The van der Waals surface area contributed by atoms with E-state index in [1.54, 1.807) is 11.4 Å². The molecule has 0 saturated carbocycles. The molecule has 106 valence electrons. The minimum Gasteiger partial charge on any atom is -0.381 e. The molecule has 2 rings (SSSR count). The number of methoxy groups -OCH3 is 1. The summed E-state index contributed by atoms with van der Waals surface area (Å²) in [6, 6.07) is 0. The van der Waals surface area contributed by atoms with Gasteiger partial charge in [0.1, 0.15) is 0 Å². The maximum atomic E-state index is 12.4. The molecular weight excluding hydrogens is 254 g/mol. The van der Waals surface area contributed by atoms with Gasteiger partial charge >= 0.3 is 0 Å². The summed E-state index contributed by atoms with van der Waals surface area (Å²) >= 11 is 0. The van der Waals surface area contributed by atoms with Crippen LogP contribution in [0.2, 0.25) is 0 Å². The Balaban J connectivity index is 2.00. The first-order valence-corrected chi connectivity index (χ1v) is 8.17. The van der Waals surface area contributed by atoms with Gasteiger partial charge in [-0.1, -0.05) is 0 Å². The van der Waals surface area contributed by atoms with Gasteiger partial charge in [0.25, 0.3) is 0 Å². The third-order valence-electron chi connectivity index (χ3n) is 3.98. The van der Waals surface area contributed by atoms with E-state index in [9.17, 15) is 8.42 Å². The fourth-order valence-electron chi connectivity index (χ4n) is 2.68. The van der Waals surface area contributed by atoms with E-state index in [0.717, 1.165) is 19.3 Å². The highest BCUT2D eigenvalue weighted by molar-refractivity contribution is 7.89. The second-order valence-corrected chi connectivity index (χ2v) is 7.61. The average molecular weight is 277 g/mol. The molecule has 18 heavy (non-hydrogen) atoms. The van der Waals surface area contributed by atoms with Crippen molar-refractivity contribution in [3.63, 3.8) is 0 Å². The van der Waals surface area contributed by atoms with Crippen LogP contribution in [-0.4, -0.2) is 57.5 Å². The predicted molar refractivity (Wildman–Crippen MR) is 68.9 cm³/mol. The molecule has 2 heterocycles. The Labute approximate surface area is 109 Å². The molecule has 2 atom stereocenters. The van der Waals surface area contributed by atoms with Crippen LogP contribution in [0.5, 0.6) is 0 Å². The Morgan fingerprint density at radius 1 is 1.50 bits per heavy atom. The molecule has 2 saturated heterocycles. The van der Waals surface area contributed by atoms with Crippen molar-refractivity contribution in [1.82, 2.24) is 4.31 Å². The van der Waals surface area contributed by atoms with Crippen LogP contribution in [0.25, 0.3) is 0 Å². The van der Waals surface area contributed by atoms with E-state index in [1.165, 1.54) is 0 Å². The zero-order chi connectivity index (χ0) is 13.2. The van der Waals surface area contributed by atoms with Gasteiger partial charge in [-0.25, -0.2) is 8.42 Å². The lowest BCUT2D eigenvalue weighted by molar-refractivity contribution is -0.0319. The van der Waals surface area contributed by atoms with Crippen molar-refractivity contribution >= 4 is 10.0 Å². The number of ether oxygens (including phenoxy) is 2. The van der Waals surface area contributed by atoms with E-state index in [2.05, 4.69) is 0 Å². The molecule has 0 aliphatic carbocycles. The van der Waals surface area contributed by atoms with Crippen LogP contribution < -0.4 is 0 Å². The molecule has 0 bridgehead atoms. The van der Waals surface area contributed by atoms with Gasteiger partial charge < -0.3 is 9.47 Å². The van der Waals surface area contributed by atoms with Crippen LogP contribution in [0.15, 0.2) is 0 Å². The molecular formula is C12H23NO4S. The molecule has 0 amide bonds. The first kappa shape index (κ1) is 14.2. The molecule has 2 aliphatic rings. The Kier molecular flexibility index (Phi) is 4.31. The van der Waals surface area contributed by atoms with Gasteiger partial charge in [-0.2, -0.15) is 4.31 Å². The first-order valence-electron chi connectivity index (χ1n) is 6.56. The molecule has 0 radical (unpaired) electrons. The zero-order valence-corrected chi connectivity index (χ0v) is 12.0. The van der Waals surface area contributed by atoms with E-state index in [-0.39, 0.29) is 17.3 Å². The molecule has 2 aliphatic heterocycles. The number of rotatable bonds is 4. The predicted octanol–water partition coefficient (Wildman–Crippen LogP) is 0.854. The van der Waals surface area contributed by atoms with Crippen molar-refractivity contribution in [3.8, 4) is 0 Å². The van der Waals surface area contributed by atoms with E-state index in [4.69, 9.17) is 9.47 Å². The zero-order valence-electron chi connectivity index (χ0n) is 11.2. The number of hydrogen-bond donors (Lipinski definition) is 0. The smallest absolute Gasteiger partial charge is 0.214 e. The summed E-state index contributed by atoms with van der Waals surface area (Å²) < 4.78 is 37.0. The maximum absolute atomic E-state index is 12.4. The molecule has 0 aromatic heterocycles. The lowest BCUT2D eigenvalue weighted by Gasteiger charge is -2.38. The lowest BCUT2D eigenvalue weighted by Crippen LogP contribution is -2.50. The SMILES string of the molecule is COC1(C)CCCN(S(=O)(=O)CC2CCOC2)C1.